The maximum Gasteiger partial charge on any atom is 0.0866 e. The lowest BCUT2D eigenvalue weighted by molar-refractivity contribution is 0.271. The van der Waals surface area contributed by atoms with Gasteiger partial charge in [0.25, 0.3) is 0 Å². The van der Waals surface area contributed by atoms with Gasteiger partial charge in [0.05, 0.1) is 18.5 Å². The molecule has 1 aromatic rings. The molecule has 3 nitrogen and oxygen atoms in total. The fourth-order valence-electron chi connectivity index (χ4n) is 1.71. The van der Waals surface area contributed by atoms with Crippen molar-refractivity contribution in [2.45, 2.75) is 20.8 Å². The highest BCUT2D eigenvalue weighted by atomic mass is 16.6. The molecule has 0 spiro atoms. The normalized spacial score (nSPS) is 10.1. The van der Waals surface area contributed by atoms with E-state index in [9.17, 15) is 0 Å². The maximum atomic E-state index is 5.01. The van der Waals surface area contributed by atoms with Crippen LogP contribution in [0.3, 0.4) is 0 Å². The molecular weight excluding hydrogens is 188 g/mol. The van der Waals surface area contributed by atoms with Crippen molar-refractivity contribution in [1.29, 1.82) is 0 Å². The van der Waals surface area contributed by atoms with Gasteiger partial charge in [-0.2, -0.15) is 0 Å². The van der Waals surface area contributed by atoms with E-state index in [1.165, 1.54) is 11.3 Å². The predicted octanol–water partition coefficient (Wildman–Crippen LogP) is 2.81. The molecule has 0 bridgehead atoms. The van der Waals surface area contributed by atoms with Gasteiger partial charge in [-0.15, -0.1) is 0 Å². The van der Waals surface area contributed by atoms with Crippen molar-refractivity contribution < 1.29 is 4.84 Å². The highest BCUT2D eigenvalue weighted by molar-refractivity contribution is 5.72. The van der Waals surface area contributed by atoms with Gasteiger partial charge in [-0.05, 0) is 32.4 Å². The van der Waals surface area contributed by atoms with Gasteiger partial charge in [-0.25, -0.2) is 0 Å². The summed E-state index contributed by atoms with van der Waals surface area (Å²) in [5, 5.41) is 0. The molecule has 0 aliphatic heterocycles. The lowest BCUT2D eigenvalue weighted by Crippen LogP contribution is -2.23. The second kappa shape index (κ2) is 5.61. The SMILES string of the molecule is CCN(CC)c1cccc(C)c1NOC. The zero-order valence-electron chi connectivity index (χ0n) is 10.0. The van der Waals surface area contributed by atoms with Crippen LogP contribution in [0.5, 0.6) is 0 Å². The van der Waals surface area contributed by atoms with Crippen LogP contribution in [0.25, 0.3) is 0 Å². The largest absolute Gasteiger partial charge is 0.370 e. The van der Waals surface area contributed by atoms with Gasteiger partial charge in [-0.1, -0.05) is 12.1 Å². The van der Waals surface area contributed by atoms with E-state index < -0.39 is 0 Å². The monoisotopic (exact) mass is 208 g/mol. The first kappa shape index (κ1) is 11.9. The summed E-state index contributed by atoms with van der Waals surface area (Å²) < 4.78 is 0. The van der Waals surface area contributed by atoms with Gasteiger partial charge in [0.2, 0.25) is 0 Å². The molecule has 15 heavy (non-hydrogen) atoms. The lowest BCUT2D eigenvalue weighted by Gasteiger charge is -2.25. The summed E-state index contributed by atoms with van der Waals surface area (Å²) in [6, 6.07) is 6.26. The molecular formula is C12H20N2O. The highest BCUT2D eigenvalue weighted by Crippen LogP contribution is 2.28. The van der Waals surface area contributed by atoms with Crippen LogP contribution in [-0.4, -0.2) is 20.2 Å². The molecule has 1 aromatic carbocycles. The number of rotatable bonds is 5. The van der Waals surface area contributed by atoms with Crippen LogP contribution in [0.1, 0.15) is 19.4 Å². The number of nitrogens with one attached hydrogen (secondary N) is 1. The third-order valence-corrected chi connectivity index (χ3v) is 2.56. The van der Waals surface area contributed by atoms with Gasteiger partial charge >= 0.3 is 0 Å². The summed E-state index contributed by atoms with van der Waals surface area (Å²) in [5.74, 6) is 0. The van der Waals surface area contributed by atoms with Gasteiger partial charge in [0.15, 0.2) is 0 Å². The van der Waals surface area contributed by atoms with Crippen molar-refractivity contribution in [1.82, 2.24) is 0 Å². The Kier molecular flexibility index (Phi) is 4.43. The Hall–Kier alpha value is -1.22. The van der Waals surface area contributed by atoms with Crippen molar-refractivity contribution >= 4 is 11.4 Å². The molecule has 84 valence electrons. The topological polar surface area (TPSA) is 24.5 Å². The van der Waals surface area contributed by atoms with Crippen molar-refractivity contribution in [3.8, 4) is 0 Å². The first-order chi connectivity index (χ1) is 7.24. The molecule has 1 rings (SSSR count). The maximum absolute atomic E-state index is 5.01. The Morgan fingerprint density at radius 3 is 2.47 bits per heavy atom. The average Bonchev–Trinajstić information content (AvgIpc) is 2.24. The van der Waals surface area contributed by atoms with Gasteiger partial charge in [0.1, 0.15) is 0 Å². The molecule has 0 saturated carbocycles. The van der Waals surface area contributed by atoms with E-state index in [-0.39, 0.29) is 0 Å². The molecule has 0 heterocycles. The summed E-state index contributed by atoms with van der Waals surface area (Å²) in [4.78, 5) is 7.31. The van der Waals surface area contributed by atoms with E-state index in [4.69, 9.17) is 4.84 Å². The molecule has 0 aliphatic carbocycles. The van der Waals surface area contributed by atoms with Crippen molar-refractivity contribution in [3.63, 3.8) is 0 Å². The van der Waals surface area contributed by atoms with Crippen molar-refractivity contribution in [2.75, 3.05) is 30.6 Å². The summed E-state index contributed by atoms with van der Waals surface area (Å²) in [5.41, 5.74) is 6.40. The molecule has 0 amide bonds. The Balaban J connectivity index is 3.09. The standard InChI is InChI=1S/C12H20N2O/c1-5-14(6-2)11-9-7-8-10(3)12(11)13-15-4/h7-9,13H,5-6H2,1-4H3. The molecule has 0 saturated heterocycles. The van der Waals surface area contributed by atoms with E-state index in [0.717, 1.165) is 18.8 Å². The highest BCUT2D eigenvalue weighted by Gasteiger charge is 2.09. The van der Waals surface area contributed by atoms with Crippen LogP contribution in [0.15, 0.2) is 18.2 Å². The number of anilines is 2. The number of para-hydroxylation sites is 1. The van der Waals surface area contributed by atoms with Crippen molar-refractivity contribution in [2.24, 2.45) is 0 Å². The second-order valence-electron chi connectivity index (χ2n) is 3.45. The Labute approximate surface area is 92.0 Å². The Morgan fingerprint density at radius 1 is 1.27 bits per heavy atom. The Morgan fingerprint density at radius 2 is 1.93 bits per heavy atom. The number of nitrogens with zero attached hydrogens (tertiary/aromatic N) is 1. The smallest absolute Gasteiger partial charge is 0.0866 e. The molecule has 1 N–H and O–H groups in total. The van der Waals surface area contributed by atoms with E-state index in [0.29, 0.717) is 0 Å². The Bertz CT molecular complexity index is 308. The molecule has 3 heteroatoms. The fourth-order valence-corrected chi connectivity index (χ4v) is 1.71. The lowest BCUT2D eigenvalue weighted by atomic mass is 10.1. The quantitative estimate of drug-likeness (QED) is 0.753. The number of benzene rings is 1. The molecule has 0 fully saturated rings. The first-order valence-corrected chi connectivity index (χ1v) is 5.38. The van der Waals surface area contributed by atoms with Gasteiger partial charge in [-0.3, -0.25) is 10.3 Å². The average molecular weight is 208 g/mol. The first-order valence-electron chi connectivity index (χ1n) is 5.38. The van der Waals surface area contributed by atoms with Crippen molar-refractivity contribution in [3.05, 3.63) is 23.8 Å². The number of aryl methyl sites for hydroxylation is 1. The van der Waals surface area contributed by atoms with Crippen LogP contribution in [0.2, 0.25) is 0 Å². The van der Waals surface area contributed by atoms with Crippen LogP contribution in [0.4, 0.5) is 11.4 Å². The van der Waals surface area contributed by atoms with E-state index in [2.05, 4.69) is 49.4 Å². The van der Waals surface area contributed by atoms with Gasteiger partial charge < -0.3 is 4.90 Å². The van der Waals surface area contributed by atoms with E-state index in [1.807, 2.05) is 0 Å². The summed E-state index contributed by atoms with van der Waals surface area (Å²) in [6.07, 6.45) is 0. The molecule has 0 aliphatic rings. The zero-order chi connectivity index (χ0) is 11.3. The number of hydrogen-bond acceptors (Lipinski definition) is 3. The minimum absolute atomic E-state index is 0.998. The summed E-state index contributed by atoms with van der Waals surface area (Å²) in [7, 11) is 1.64. The fraction of sp³-hybridized carbons (Fsp3) is 0.500. The third kappa shape index (κ3) is 2.63. The summed E-state index contributed by atoms with van der Waals surface area (Å²) in [6.45, 7) is 8.38. The molecule has 0 aromatic heterocycles. The van der Waals surface area contributed by atoms with E-state index in [1.54, 1.807) is 7.11 Å². The minimum Gasteiger partial charge on any atom is -0.370 e. The van der Waals surface area contributed by atoms with E-state index >= 15 is 0 Å². The van der Waals surface area contributed by atoms with Crippen LogP contribution < -0.4 is 10.4 Å². The third-order valence-electron chi connectivity index (χ3n) is 2.56. The number of hydrogen-bond donors (Lipinski definition) is 1. The van der Waals surface area contributed by atoms with Gasteiger partial charge in [0, 0.05) is 13.1 Å². The zero-order valence-corrected chi connectivity index (χ0v) is 10.0. The van der Waals surface area contributed by atoms with Crippen LogP contribution >= 0.6 is 0 Å². The minimum atomic E-state index is 0.998. The predicted molar refractivity (Wildman–Crippen MR) is 65.4 cm³/mol. The molecule has 0 radical (unpaired) electrons. The molecule has 0 atom stereocenters. The molecule has 0 unspecified atom stereocenters. The van der Waals surface area contributed by atoms with Crippen LogP contribution in [0, 0.1) is 6.92 Å². The second-order valence-corrected chi connectivity index (χ2v) is 3.45. The summed E-state index contributed by atoms with van der Waals surface area (Å²) >= 11 is 0. The van der Waals surface area contributed by atoms with Crippen LogP contribution in [-0.2, 0) is 4.84 Å².